The average Bonchev–Trinajstić information content (AvgIpc) is 3.05. The molecular weight excluding hydrogens is 350 g/mol. The molecule has 1 saturated heterocycles. The topological polar surface area (TPSA) is 38.8 Å². The van der Waals surface area contributed by atoms with Gasteiger partial charge in [0.05, 0.1) is 23.8 Å². The van der Waals surface area contributed by atoms with E-state index in [1.807, 2.05) is 0 Å². The van der Waals surface area contributed by atoms with Crippen molar-refractivity contribution in [3.63, 3.8) is 0 Å². The Morgan fingerprint density at radius 1 is 1.18 bits per heavy atom. The van der Waals surface area contributed by atoms with Gasteiger partial charge in [0, 0.05) is 24.8 Å². The second-order valence-electron chi connectivity index (χ2n) is 6.75. The molecule has 0 amide bonds. The molecule has 4 nitrogen and oxygen atoms in total. The van der Waals surface area contributed by atoms with Crippen molar-refractivity contribution in [3.05, 3.63) is 59.0 Å². The number of carbonyl (C=O) groups excluding carboxylic acids is 1. The van der Waals surface area contributed by atoms with Gasteiger partial charge in [-0.1, -0.05) is 30.2 Å². The zero-order valence-corrected chi connectivity index (χ0v) is 15.8. The molecular formula is C24H29NO3. The number of hydrogen-bond acceptors (Lipinski definition) is 4. The van der Waals surface area contributed by atoms with E-state index in [1.165, 1.54) is 19.1 Å². The lowest BCUT2D eigenvalue weighted by Gasteiger charge is -2.32. The summed E-state index contributed by atoms with van der Waals surface area (Å²) in [6, 6.07) is -4.06. The van der Waals surface area contributed by atoms with Gasteiger partial charge in [-0.2, -0.15) is 0 Å². The minimum atomic E-state index is -2.62. The molecule has 4 heteroatoms. The third-order valence-corrected chi connectivity index (χ3v) is 5.00. The number of Topliss-reactive ketones (excluding diaryl/α,β-unsaturated/α-hetero) is 1. The molecule has 28 heavy (non-hydrogen) atoms. The Balaban J connectivity index is 1.61. The molecule has 1 aliphatic heterocycles. The van der Waals surface area contributed by atoms with E-state index in [1.54, 1.807) is 0 Å². The van der Waals surface area contributed by atoms with E-state index >= 15 is 0 Å². The minimum Gasteiger partial charge on any atom is -0.493 e. The first-order valence-corrected chi connectivity index (χ1v) is 9.11. The zero-order chi connectivity index (χ0) is 30.1. The smallest absolute Gasteiger partial charge is 0.166 e. The molecule has 2 aromatic carbocycles. The molecule has 4 rings (SSSR count). The number of hydrogen-bond donors (Lipinski definition) is 0. The quantitative estimate of drug-likeness (QED) is 0.733. The summed E-state index contributed by atoms with van der Waals surface area (Å²) in [6.45, 7) is -2.28. The summed E-state index contributed by atoms with van der Waals surface area (Å²) in [7, 11) is 2.47. The number of nitrogens with zero attached hydrogens (tertiary/aromatic N) is 1. The largest absolute Gasteiger partial charge is 0.493 e. The van der Waals surface area contributed by atoms with E-state index in [9.17, 15) is 4.79 Å². The second-order valence-corrected chi connectivity index (χ2v) is 6.75. The van der Waals surface area contributed by atoms with Crippen molar-refractivity contribution < 1.29 is 30.7 Å². The Kier molecular flexibility index (Phi) is 2.82. The predicted octanol–water partition coefficient (Wildman–Crippen LogP) is 4.36. The molecule has 1 atom stereocenters. The number of benzene rings is 2. The number of carbonyl (C=O) groups is 1. The number of rotatable bonds is 6. The maximum atomic E-state index is 13.5. The summed E-state index contributed by atoms with van der Waals surface area (Å²) >= 11 is 0. The van der Waals surface area contributed by atoms with Crippen molar-refractivity contribution in [2.24, 2.45) is 11.8 Å². The second kappa shape index (κ2) is 8.36. The maximum Gasteiger partial charge on any atom is 0.166 e. The zero-order valence-electron chi connectivity index (χ0n) is 27.8. The maximum absolute atomic E-state index is 13.5. The van der Waals surface area contributed by atoms with Gasteiger partial charge in [0.2, 0.25) is 0 Å². The fraction of sp³-hybridized carbons (Fsp3) is 0.458. The molecule has 148 valence electrons. The van der Waals surface area contributed by atoms with Crippen LogP contribution in [0.5, 0.6) is 11.5 Å². The Labute approximate surface area is 184 Å². The summed E-state index contributed by atoms with van der Waals surface area (Å²) < 4.78 is 111. The van der Waals surface area contributed by atoms with Crippen LogP contribution in [0.25, 0.3) is 0 Å². The first kappa shape index (κ1) is 9.45. The van der Waals surface area contributed by atoms with Crippen LogP contribution in [0.3, 0.4) is 0 Å². The first-order valence-electron chi connectivity index (χ1n) is 15.1. The van der Waals surface area contributed by atoms with Gasteiger partial charge in [0.1, 0.15) is 0 Å². The van der Waals surface area contributed by atoms with Gasteiger partial charge in [0.25, 0.3) is 0 Å². The highest BCUT2D eigenvalue weighted by Gasteiger charge is 2.34. The summed E-state index contributed by atoms with van der Waals surface area (Å²) in [5.74, 6) is -4.07. The molecule has 2 aromatic rings. The van der Waals surface area contributed by atoms with Crippen LogP contribution in [0, 0.1) is 11.8 Å². The fourth-order valence-corrected chi connectivity index (χ4v) is 3.52. The molecule has 2 aliphatic rings. The third-order valence-electron chi connectivity index (χ3n) is 5.00. The van der Waals surface area contributed by atoms with Crippen molar-refractivity contribution in [2.45, 2.75) is 32.1 Å². The third kappa shape index (κ3) is 3.93. The molecule has 0 bridgehead atoms. The monoisotopic (exact) mass is 391 g/mol. The molecule has 0 saturated carbocycles. The van der Waals surface area contributed by atoms with E-state index in [2.05, 4.69) is 0 Å². The first-order chi connectivity index (χ1) is 18.5. The molecule has 0 N–H and O–H groups in total. The Hall–Kier alpha value is -2.33. The van der Waals surface area contributed by atoms with E-state index in [0.717, 1.165) is 0 Å². The summed E-state index contributed by atoms with van der Waals surface area (Å²) in [5, 5.41) is 0. The molecule has 1 unspecified atom stereocenters. The van der Waals surface area contributed by atoms with E-state index in [0.29, 0.717) is 0 Å². The van der Waals surface area contributed by atoms with Crippen LogP contribution in [0.15, 0.2) is 42.3 Å². The highest BCUT2D eigenvalue weighted by molar-refractivity contribution is 6.02. The molecule has 0 radical (unpaired) electrons. The molecule has 1 aliphatic carbocycles. The standard InChI is InChI=1S/C24H29NO3/c1-27-22-14-19-13-20(24(26)21(19)15-23(22)28-2)12-17-8-10-25(11-9-17)16-18-6-4-3-5-7-18/h3-7,14-15,17,20H,8-13,16H2,1-2H3/i3D,4D,5D,6D,7D,13D2,14D,15D,16D2,20D. The highest BCUT2D eigenvalue weighted by atomic mass is 16.5. The van der Waals surface area contributed by atoms with Crippen LogP contribution in [0.4, 0.5) is 0 Å². The van der Waals surface area contributed by atoms with Crippen LogP contribution in [-0.2, 0) is 12.9 Å². The number of fused-ring (bicyclic) bond motifs is 1. The number of ether oxygens (including phenoxy) is 2. The van der Waals surface area contributed by atoms with Crippen molar-refractivity contribution in [3.8, 4) is 11.5 Å². The Bertz CT molecular complexity index is 1360. The summed E-state index contributed by atoms with van der Waals surface area (Å²) in [6.07, 6.45) is -2.38. The fourth-order valence-electron chi connectivity index (χ4n) is 3.52. The van der Waals surface area contributed by atoms with E-state index in [4.69, 9.17) is 25.9 Å². The van der Waals surface area contributed by atoms with Crippen molar-refractivity contribution >= 4 is 5.78 Å². The van der Waals surface area contributed by atoms with E-state index in [-0.39, 0.29) is 55.0 Å². The van der Waals surface area contributed by atoms with Crippen molar-refractivity contribution in [2.75, 3.05) is 27.3 Å². The normalized spacial score (nSPS) is 31.3. The minimum absolute atomic E-state index is 0.0646. The Morgan fingerprint density at radius 2 is 1.86 bits per heavy atom. The van der Waals surface area contributed by atoms with Crippen LogP contribution >= 0.6 is 0 Å². The van der Waals surface area contributed by atoms with Gasteiger partial charge >= 0.3 is 0 Å². The molecule has 1 fully saturated rings. The van der Waals surface area contributed by atoms with Crippen LogP contribution in [-0.4, -0.2) is 38.0 Å². The van der Waals surface area contributed by atoms with Gasteiger partial charge in [-0.05, 0) is 67.9 Å². The molecule has 1 heterocycles. The number of ketones is 1. The lowest BCUT2D eigenvalue weighted by Crippen LogP contribution is -2.34. The molecule has 0 aromatic heterocycles. The van der Waals surface area contributed by atoms with Crippen molar-refractivity contribution in [1.82, 2.24) is 4.90 Å². The number of piperidine rings is 1. The van der Waals surface area contributed by atoms with Gasteiger partial charge in [0.15, 0.2) is 17.3 Å². The van der Waals surface area contributed by atoms with Gasteiger partial charge in [-0.15, -0.1) is 0 Å². The average molecular weight is 392 g/mol. The lowest BCUT2D eigenvalue weighted by molar-refractivity contribution is 0.0895. The lowest BCUT2D eigenvalue weighted by atomic mass is 9.85. The van der Waals surface area contributed by atoms with Crippen LogP contribution in [0.1, 0.15) is 57.2 Å². The van der Waals surface area contributed by atoms with Crippen LogP contribution in [0.2, 0.25) is 0 Å². The summed E-state index contributed by atoms with van der Waals surface area (Å²) in [5.41, 5.74) is -1.23. The highest BCUT2D eigenvalue weighted by Crippen LogP contribution is 2.39. The number of methoxy groups -OCH3 is 2. The van der Waals surface area contributed by atoms with Crippen LogP contribution < -0.4 is 9.47 Å². The van der Waals surface area contributed by atoms with Gasteiger partial charge < -0.3 is 9.47 Å². The van der Waals surface area contributed by atoms with E-state index < -0.39 is 78.3 Å². The van der Waals surface area contributed by atoms with Crippen molar-refractivity contribution in [1.29, 1.82) is 0 Å². The number of likely N-dealkylation sites (tertiary alicyclic amines) is 1. The Morgan fingerprint density at radius 3 is 2.54 bits per heavy atom. The SMILES string of the molecule is [2H]c1c([2H])c([2H])c(C([2H])([2H])N2CCC(CC3([2H])C(=O)c4c([2H])c(OC)c(OC)c([2H])c4C3([2H])[2H])CC2)c([2H])c1[2H]. The molecule has 0 spiro atoms. The van der Waals surface area contributed by atoms with Gasteiger partial charge in [-0.3, -0.25) is 9.69 Å². The summed E-state index contributed by atoms with van der Waals surface area (Å²) in [4.78, 5) is 14.9. The van der Waals surface area contributed by atoms with Gasteiger partial charge in [-0.25, -0.2) is 0 Å². The predicted molar refractivity (Wildman–Crippen MR) is 110 cm³/mol.